The summed E-state index contributed by atoms with van der Waals surface area (Å²) in [7, 11) is 0. The van der Waals surface area contributed by atoms with Gasteiger partial charge in [-0.15, -0.1) is 0 Å². The van der Waals surface area contributed by atoms with Crippen molar-refractivity contribution < 1.29 is 14.8 Å². The Labute approximate surface area is 174 Å². The van der Waals surface area contributed by atoms with E-state index in [0.29, 0.717) is 39.7 Å². The van der Waals surface area contributed by atoms with Crippen molar-refractivity contribution in [2.24, 2.45) is 5.73 Å². The molecule has 0 fully saturated rings. The zero-order valence-corrected chi connectivity index (χ0v) is 16.4. The first kappa shape index (κ1) is 20.6. The van der Waals surface area contributed by atoms with Gasteiger partial charge in [-0.05, 0) is 36.6 Å². The number of hydrogen-bond acceptors (Lipinski definition) is 7. The minimum atomic E-state index is -0.571. The summed E-state index contributed by atoms with van der Waals surface area (Å²) in [5.41, 5.74) is 6.31. The number of carbonyl (C=O) groups excluding carboxylic acids is 1. The van der Waals surface area contributed by atoms with Crippen molar-refractivity contribution >= 4 is 57.3 Å². The van der Waals surface area contributed by atoms with Crippen molar-refractivity contribution in [2.45, 2.75) is 19.3 Å². The van der Waals surface area contributed by atoms with Gasteiger partial charge >= 0.3 is 0 Å². The zero-order valence-electron chi connectivity index (χ0n) is 14.9. The van der Waals surface area contributed by atoms with Gasteiger partial charge in [0.2, 0.25) is 17.7 Å². The average Bonchev–Trinajstić information content (AvgIpc) is 2.64. The number of fused-ring (bicyclic) bond motifs is 1. The first-order valence-corrected chi connectivity index (χ1v) is 9.18. The molecule has 1 aromatic heterocycles. The second kappa shape index (κ2) is 8.46. The Balaban J connectivity index is 2.05. The molecule has 0 atom stereocenters. The molecule has 4 N–H and O–H groups in total. The Kier molecular flexibility index (Phi) is 6.00. The van der Waals surface area contributed by atoms with E-state index in [0.717, 1.165) is 0 Å². The third-order valence-electron chi connectivity index (χ3n) is 4.10. The second-order valence-electron chi connectivity index (χ2n) is 6.20. The van der Waals surface area contributed by atoms with Gasteiger partial charge in [0.25, 0.3) is 5.69 Å². The molecule has 0 saturated carbocycles. The smallest absolute Gasteiger partial charge is 0.270 e. The standard InChI is InChI=1S/C18H15Cl2N5O4/c19-13-5-4-10(7-14(13)20)22-18-23-16-9(2-1-3-15(21)26)6-11(25(28)29)8-12(16)17(27)24-18/h4-8H,1-3H2,(H2,21,26)(H2,22,23,24,27). The highest BCUT2D eigenvalue weighted by atomic mass is 35.5. The number of nitrogens with zero attached hydrogens (tertiary/aromatic N) is 3. The van der Waals surface area contributed by atoms with Gasteiger partial charge in [0, 0.05) is 24.2 Å². The van der Waals surface area contributed by atoms with E-state index in [1.807, 2.05) is 0 Å². The Bertz CT molecular complexity index is 1120. The summed E-state index contributed by atoms with van der Waals surface area (Å²) in [6.07, 6.45) is 0.811. The number of nitrogens with one attached hydrogen (secondary N) is 1. The van der Waals surface area contributed by atoms with Crippen LogP contribution in [0.25, 0.3) is 10.9 Å². The van der Waals surface area contributed by atoms with Crippen LogP contribution >= 0.6 is 23.2 Å². The highest BCUT2D eigenvalue weighted by Crippen LogP contribution is 2.32. The summed E-state index contributed by atoms with van der Waals surface area (Å²) in [6, 6.07) is 7.37. The SMILES string of the molecule is NC(=O)CCCc1cc([N+](=O)[O-])cc2c(O)nc(Nc3ccc(Cl)c(Cl)c3)nc12. The van der Waals surface area contributed by atoms with Gasteiger partial charge in [0.05, 0.1) is 25.9 Å². The Hall–Kier alpha value is -3.17. The number of nitro benzene ring substituents is 1. The van der Waals surface area contributed by atoms with E-state index in [-0.39, 0.29) is 23.4 Å². The van der Waals surface area contributed by atoms with Gasteiger partial charge in [0.1, 0.15) is 0 Å². The molecule has 0 aliphatic heterocycles. The van der Waals surface area contributed by atoms with Crippen LogP contribution in [0, 0.1) is 10.1 Å². The number of rotatable bonds is 7. The fourth-order valence-corrected chi connectivity index (χ4v) is 3.08. The fourth-order valence-electron chi connectivity index (χ4n) is 2.78. The lowest BCUT2D eigenvalue weighted by atomic mass is 10.0. The lowest BCUT2D eigenvalue weighted by Crippen LogP contribution is -2.10. The summed E-state index contributed by atoms with van der Waals surface area (Å²) >= 11 is 11.9. The number of nitro groups is 1. The first-order valence-electron chi connectivity index (χ1n) is 8.43. The van der Waals surface area contributed by atoms with Crippen molar-refractivity contribution in [3.05, 3.63) is 56.1 Å². The van der Waals surface area contributed by atoms with E-state index in [2.05, 4.69) is 15.3 Å². The molecule has 150 valence electrons. The normalized spacial score (nSPS) is 10.8. The molecule has 2 aromatic carbocycles. The maximum absolute atomic E-state index is 11.2. The quantitative estimate of drug-likeness (QED) is 0.374. The Morgan fingerprint density at radius 3 is 2.62 bits per heavy atom. The molecule has 9 nitrogen and oxygen atoms in total. The van der Waals surface area contributed by atoms with Crippen LogP contribution in [0.5, 0.6) is 5.88 Å². The summed E-state index contributed by atoms with van der Waals surface area (Å²) < 4.78 is 0. The molecular formula is C18H15Cl2N5O4. The van der Waals surface area contributed by atoms with E-state index in [4.69, 9.17) is 28.9 Å². The number of aromatic nitrogens is 2. The topological polar surface area (TPSA) is 144 Å². The number of hydrogen-bond donors (Lipinski definition) is 3. The number of nitrogens with two attached hydrogens (primary N) is 1. The summed E-state index contributed by atoms with van der Waals surface area (Å²) in [4.78, 5) is 30.0. The molecule has 0 aliphatic rings. The number of halogens is 2. The molecule has 0 bridgehead atoms. The minimum Gasteiger partial charge on any atom is -0.493 e. The monoisotopic (exact) mass is 435 g/mol. The highest BCUT2D eigenvalue weighted by molar-refractivity contribution is 6.42. The number of amides is 1. The first-order chi connectivity index (χ1) is 13.7. The molecule has 1 amide bonds. The molecule has 0 spiro atoms. The molecule has 3 aromatic rings. The Morgan fingerprint density at radius 1 is 1.21 bits per heavy atom. The second-order valence-corrected chi connectivity index (χ2v) is 7.02. The van der Waals surface area contributed by atoms with Crippen LogP contribution < -0.4 is 11.1 Å². The van der Waals surface area contributed by atoms with Gasteiger partial charge < -0.3 is 16.2 Å². The number of primary amides is 1. The van der Waals surface area contributed by atoms with Crippen LogP contribution in [-0.2, 0) is 11.2 Å². The predicted octanol–water partition coefficient (Wildman–Crippen LogP) is 4.10. The molecule has 0 radical (unpaired) electrons. The highest BCUT2D eigenvalue weighted by Gasteiger charge is 2.17. The largest absolute Gasteiger partial charge is 0.493 e. The molecule has 0 aliphatic carbocycles. The number of aromatic hydroxyl groups is 1. The maximum atomic E-state index is 11.2. The minimum absolute atomic E-state index is 0.0680. The molecule has 29 heavy (non-hydrogen) atoms. The van der Waals surface area contributed by atoms with Crippen LogP contribution in [0.1, 0.15) is 18.4 Å². The van der Waals surface area contributed by atoms with Crippen molar-refractivity contribution in [3.8, 4) is 5.88 Å². The van der Waals surface area contributed by atoms with E-state index in [9.17, 15) is 20.0 Å². The molecule has 0 unspecified atom stereocenters. The van der Waals surface area contributed by atoms with Crippen LogP contribution in [0.4, 0.5) is 17.3 Å². The van der Waals surface area contributed by atoms with Crippen LogP contribution in [0.3, 0.4) is 0 Å². The molecule has 11 heteroatoms. The van der Waals surface area contributed by atoms with Crippen LogP contribution in [-0.4, -0.2) is 25.9 Å². The fraction of sp³-hybridized carbons (Fsp3) is 0.167. The third kappa shape index (κ3) is 4.82. The Morgan fingerprint density at radius 2 is 1.97 bits per heavy atom. The van der Waals surface area contributed by atoms with Crippen LogP contribution in [0.15, 0.2) is 30.3 Å². The van der Waals surface area contributed by atoms with E-state index in [1.165, 1.54) is 12.1 Å². The van der Waals surface area contributed by atoms with Crippen molar-refractivity contribution in [2.75, 3.05) is 5.32 Å². The lowest BCUT2D eigenvalue weighted by molar-refractivity contribution is -0.384. The molecule has 1 heterocycles. The van der Waals surface area contributed by atoms with Gasteiger partial charge in [-0.1, -0.05) is 23.2 Å². The number of non-ortho nitro benzene ring substituents is 1. The molecule has 3 rings (SSSR count). The summed E-state index contributed by atoms with van der Waals surface area (Å²) in [6.45, 7) is 0. The van der Waals surface area contributed by atoms with Crippen molar-refractivity contribution in [1.29, 1.82) is 0 Å². The van der Waals surface area contributed by atoms with Crippen molar-refractivity contribution in [3.63, 3.8) is 0 Å². The van der Waals surface area contributed by atoms with E-state index in [1.54, 1.807) is 18.2 Å². The summed E-state index contributed by atoms with van der Waals surface area (Å²) in [5, 5.41) is 25.3. The van der Waals surface area contributed by atoms with E-state index >= 15 is 0 Å². The third-order valence-corrected chi connectivity index (χ3v) is 4.84. The van der Waals surface area contributed by atoms with Gasteiger partial charge in [-0.25, -0.2) is 4.98 Å². The number of anilines is 2. The maximum Gasteiger partial charge on any atom is 0.270 e. The van der Waals surface area contributed by atoms with E-state index < -0.39 is 16.7 Å². The van der Waals surface area contributed by atoms with Gasteiger partial charge in [-0.2, -0.15) is 4.98 Å². The predicted molar refractivity (Wildman–Crippen MR) is 110 cm³/mol. The lowest BCUT2D eigenvalue weighted by Gasteiger charge is -2.11. The van der Waals surface area contributed by atoms with Gasteiger partial charge in [0.15, 0.2) is 0 Å². The van der Waals surface area contributed by atoms with Gasteiger partial charge in [-0.3, -0.25) is 14.9 Å². The number of aryl methyl sites for hydroxylation is 1. The number of carbonyl (C=O) groups is 1. The molecule has 0 saturated heterocycles. The molecular weight excluding hydrogens is 421 g/mol. The van der Waals surface area contributed by atoms with Crippen molar-refractivity contribution in [1.82, 2.24) is 9.97 Å². The average molecular weight is 436 g/mol. The van der Waals surface area contributed by atoms with Crippen LogP contribution in [0.2, 0.25) is 10.0 Å². The zero-order chi connectivity index (χ0) is 21.1. The summed E-state index contributed by atoms with van der Waals surface area (Å²) in [5.74, 6) is -0.824. The number of benzene rings is 2.